The molecule has 1 aromatic carbocycles. The molecule has 0 aliphatic rings. The zero-order valence-corrected chi connectivity index (χ0v) is 9.75. The smallest absolute Gasteiger partial charge is 0.319 e. The van der Waals surface area contributed by atoms with Crippen molar-refractivity contribution in [1.29, 1.82) is 0 Å². The Labute approximate surface area is 91.1 Å². The van der Waals surface area contributed by atoms with Crippen molar-refractivity contribution in [2.45, 2.75) is 5.53 Å². The van der Waals surface area contributed by atoms with Gasteiger partial charge in [-0.1, -0.05) is 12.1 Å². The molecule has 0 saturated heterocycles. The van der Waals surface area contributed by atoms with Gasteiger partial charge < -0.3 is 14.9 Å². The topological polar surface area (TPSA) is 104 Å². The molecule has 0 radical (unpaired) electrons. The van der Waals surface area contributed by atoms with Gasteiger partial charge in [-0.2, -0.15) is 0 Å². The van der Waals surface area contributed by atoms with E-state index in [-0.39, 0.29) is 5.56 Å². The summed E-state index contributed by atoms with van der Waals surface area (Å²) in [5, 5.41) is 9.62. The molecule has 0 aliphatic carbocycles. The van der Waals surface area contributed by atoms with Crippen molar-refractivity contribution in [3.05, 3.63) is 35.6 Å². The standard InChI is InChI=1S/C7H9FO6P2/c8-6-3-1-5(2-4-6)7(9,15(10)11)14-16(12)13/h1-4,9,15-16H,(H,10,11)(H,12,13). The first-order chi connectivity index (χ1) is 7.36. The van der Waals surface area contributed by atoms with Crippen molar-refractivity contribution in [2.75, 3.05) is 0 Å². The normalized spacial score (nSPS) is 18.8. The average molecular weight is 270 g/mol. The third kappa shape index (κ3) is 2.98. The molecule has 0 fully saturated rings. The van der Waals surface area contributed by atoms with Crippen LogP contribution in [-0.4, -0.2) is 14.9 Å². The van der Waals surface area contributed by atoms with Gasteiger partial charge in [0.25, 0.3) is 13.6 Å². The molecule has 16 heavy (non-hydrogen) atoms. The van der Waals surface area contributed by atoms with Gasteiger partial charge in [-0.3, -0.25) is 13.7 Å². The Morgan fingerprint density at radius 1 is 1.19 bits per heavy atom. The Kier molecular flexibility index (Phi) is 4.38. The summed E-state index contributed by atoms with van der Waals surface area (Å²) in [6.45, 7) is 0. The monoisotopic (exact) mass is 270 g/mol. The third-order valence-electron chi connectivity index (χ3n) is 1.76. The molecule has 0 heterocycles. The minimum absolute atomic E-state index is 0.271. The lowest BCUT2D eigenvalue weighted by molar-refractivity contribution is -0.0741. The van der Waals surface area contributed by atoms with E-state index in [2.05, 4.69) is 4.52 Å². The predicted molar refractivity (Wildman–Crippen MR) is 53.8 cm³/mol. The van der Waals surface area contributed by atoms with Crippen LogP contribution in [0.1, 0.15) is 5.56 Å². The molecule has 9 heteroatoms. The van der Waals surface area contributed by atoms with E-state index >= 15 is 0 Å². The highest BCUT2D eigenvalue weighted by molar-refractivity contribution is 7.40. The number of rotatable bonds is 4. The minimum atomic E-state index is -3.71. The van der Waals surface area contributed by atoms with Crippen LogP contribution in [0.15, 0.2) is 24.3 Å². The highest BCUT2D eigenvalue weighted by atomic mass is 31.1. The molecular weight excluding hydrogens is 261 g/mol. The maximum absolute atomic E-state index is 12.6. The zero-order chi connectivity index (χ0) is 12.3. The second-order valence-electron chi connectivity index (χ2n) is 2.82. The fraction of sp³-hybridized carbons (Fsp3) is 0.143. The van der Waals surface area contributed by atoms with Gasteiger partial charge in [0.15, 0.2) is 0 Å². The van der Waals surface area contributed by atoms with Crippen molar-refractivity contribution in [3.63, 3.8) is 0 Å². The minimum Gasteiger partial charge on any atom is -0.354 e. The van der Waals surface area contributed by atoms with Crippen molar-refractivity contribution >= 4 is 16.3 Å². The van der Waals surface area contributed by atoms with Gasteiger partial charge in [-0.05, 0) is 12.1 Å². The summed E-state index contributed by atoms with van der Waals surface area (Å²) in [7, 11) is -7.33. The van der Waals surface area contributed by atoms with Crippen LogP contribution in [0.25, 0.3) is 0 Å². The second kappa shape index (κ2) is 5.19. The lowest BCUT2D eigenvalue weighted by atomic mass is 10.2. The largest absolute Gasteiger partial charge is 0.354 e. The van der Waals surface area contributed by atoms with Crippen molar-refractivity contribution < 1.29 is 32.9 Å². The van der Waals surface area contributed by atoms with Crippen LogP contribution in [-0.2, 0) is 19.2 Å². The number of halogens is 1. The molecule has 0 saturated carbocycles. The quantitative estimate of drug-likeness (QED) is 0.552. The molecule has 3 atom stereocenters. The van der Waals surface area contributed by atoms with Crippen LogP contribution in [0.2, 0.25) is 0 Å². The van der Waals surface area contributed by atoms with E-state index in [1.54, 1.807) is 0 Å². The van der Waals surface area contributed by atoms with Gasteiger partial charge >= 0.3 is 8.25 Å². The first-order valence-electron chi connectivity index (χ1n) is 4.00. The summed E-state index contributed by atoms with van der Waals surface area (Å²) < 4.78 is 38.1. The van der Waals surface area contributed by atoms with Crippen LogP contribution in [0.4, 0.5) is 4.39 Å². The highest BCUT2D eigenvalue weighted by Gasteiger charge is 2.38. The summed E-state index contributed by atoms with van der Waals surface area (Å²) >= 11 is 0. The maximum atomic E-state index is 12.6. The van der Waals surface area contributed by atoms with E-state index in [1.165, 1.54) is 0 Å². The van der Waals surface area contributed by atoms with Crippen molar-refractivity contribution in [1.82, 2.24) is 0 Å². The molecule has 6 nitrogen and oxygen atoms in total. The molecule has 1 rings (SSSR count). The maximum Gasteiger partial charge on any atom is 0.319 e. The van der Waals surface area contributed by atoms with Gasteiger partial charge in [0.05, 0.1) is 0 Å². The first-order valence-corrected chi connectivity index (χ1v) is 6.62. The molecule has 3 N–H and O–H groups in total. The lowest BCUT2D eigenvalue weighted by Crippen LogP contribution is -2.22. The van der Waals surface area contributed by atoms with E-state index in [9.17, 15) is 18.6 Å². The van der Waals surface area contributed by atoms with E-state index in [0.29, 0.717) is 0 Å². The molecule has 0 aromatic heterocycles. The third-order valence-corrected chi connectivity index (χ3v) is 3.41. The molecule has 1 aromatic rings. The molecule has 90 valence electrons. The Hall–Kier alpha value is -0.550. The fourth-order valence-corrected chi connectivity index (χ4v) is 2.42. The van der Waals surface area contributed by atoms with Gasteiger partial charge in [0.2, 0.25) is 0 Å². The summed E-state index contributed by atoms with van der Waals surface area (Å²) in [6.07, 6.45) is 0. The van der Waals surface area contributed by atoms with Gasteiger partial charge in [-0.25, -0.2) is 4.39 Å². The Morgan fingerprint density at radius 3 is 2.06 bits per heavy atom. The number of hydrogen-bond acceptors (Lipinski definition) is 4. The van der Waals surface area contributed by atoms with Crippen LogP contribution >= 0.6 is 16.3 Å². The van der Waals surface area contributed by atoms with E-state index in [1.807, 2.05) is 0 Å². The van der Waals surface area contributed by atoms with Gasteiger partial charge in [0, 0.05) is 5.56 Å². The average Bonchev–Trinajstić information content (AvgIpc) is 2.17. The van der Waals surface area contributed by atoms with Crippen molar-refractivity contribution in [3.8, 4) is 0 Å². The van der Waals surface area contributed by atoms with Crippen LogP contribution in [0.3, 0.4) is 0 Å². The number of aliphatic hydroxyl groups is 1. The Morgan fingerprint density at radius 2 is 1.69 bits per heavy atom. The molecular formula is C7H9FO6P2. The highest BCUT2D eigenvalue weighted by Crippen LogP contribution is 2.47. The molecule has 0 bridgehead atoms. The van der Waals surface area contributed by atoms with E-state index in [4.69, 9.17) is 9.79 Å². The van der Waals surface area contributed by atoms with E-state index in [0.717, 1.165) is 24.3 Å². The van der Waals surface area contributed by atoms with Gasteiger partial charge in [0.1, 0.15) is 5.82 Å². The van der Waals surface area contributed by atoms with Crippen LogP contribution < -0.4 is 0 Å². The van der Waals surface area contributed by atoms with E-state index < -0.39 is 27.6 Å². The summed E-state index contributed by atoms with van der Waals surface area (Å²) in [5.41, 5.74) is -3.05. The van der Waals surface area contributed by atoms with Crippen LogP contribution in [0.5, 0.6) is 0 Å². The number of hydrogen-bond donors (Lipinski definition) is 3. The Bertz CT molecular complexity index is 421. The molecule has 3 unspecified atom stereocenters. The second-order valence-corrected chi connectivity index (χ2v) is 4.85. The Balaban J connectivity index is 3.16. The predicted octanol–water partition coefficient (Wildman–Crippen LogP) is 0.794. The molecule has 0 amide bonds. The SMILES string of the molecule is O=[PH](O)OC(O)(c1ccc(F)cc1)[PH](=O)O. The summed E-state index contributed by atoms with van der Waals surface area (Å²) in [5.74, 6) is -0.625. The zero-order valence-electron chi connectivity index (χ0n) is 7.75. The lowest BCUT2D eigenvalue weighted by Gasteiger charge is -2.23. The summed E-state index contributed by atoms with van der Waals surface area (Å²) in [4.78, 5) is 17.4. The van der Waals surface area contributed by atoms with Crippen molar-refractivity contribution in [2.24, 2.45) is 0 Å². The summed E-state index contributed by atoms with van der Waals surface area (Å²) in [6, 6.07) is 3.81. The number of benzene rings is 1. The first kappa shape index (κ1) is 13.5. The van der Waals surface area contributed by atoms with Crippen LogP contribution in [0, 0.1) is 5.82 Å². The fourth-order valence-electron chi connectivity index (χ4n) is 1.03. The molecule has 0 spiro atoms. The van der Waals surface area contributed by atoms with Gasteiger partial charge in [-0.15, -0.1) is 0 Å². The molecule has 0 aliphatic heterocycles.